The molecule has 4 aromatic rings. The van der Waals surface area contributed by atoms with Crippen LogP contribution in [0.25, 0.3) is 31.1 Å². The van der Waals surface area contributed by atoms with Crippen molar-refractivity contribution >= 4 is 42.4 Å². The van der Waals surface area contributed by atoms with Crippen LogP contribution < -0.4 is 9.30 Å². The first-order chi connectivity index (χ1) is 9.78. The zero-order valence-corrected chi connectivity index (χ0v) is 12.2. The molecule has 20 heavy (non-hydrogen) atoms. The quantitative estimate of drug-likeness (QED) is 0.480. The Labute approximate surface area is 120 Å². The summed E-state index contributed by atoms with van der Waals surface area (Å²) in [6.07, 6.45) is 2.22. The zero-order valence-electron chi connectivity index (χ0n) is 11.4. The van der Waals surface area contributed by atoms with Gasteiger partial charge in [-0.05, 0) is 18.2 Å². The molecule has 0 fully saturated rings. The average Bonchev–Trinajstić information content (AvgIpc) is 2.85. The molecule has 0 aliphatic carbocycles. The van der Waals surface area contributed by atoms with Crippen molar-refractivity contribution in [3.05, 3.63) is 48.7 Å². The summed E-state index contributed by atoms with van der Waals surface area (Å²) in [5.74, 6) is 0.903. The number of thiophene rings is 1. The molecule has 0 amide bonds. The molecule has 2 nitrogen and oxygen atoms in total. The van der Waals surface area contributed by atoms with Crippen LogP contribution >= 0.6 is 11.3 Å². The number of fused-ring (bicyclic) bond motifs is 5. The molecule has 98 valence electrons. The molecule has 0 unspecified atom stereocenters. The maximum absolute atomic E-state index is 5.39. The second-order valence-corrected chi connectivity index (χ2v) is 6.04. The number of pyridine rings is 1. The fourth-order valence-corrected chi connectivity index (χ4v) is 4.02. The van der Waals surface area contributed by atoms with E-state index in [1.54, 1.807) is 7.11 Å². The van der Waals surface area contributed by atoms with E-state index >= 15 is 0 Å². The minimum atomic E-state index is 0.903. The van der Waals surface area contributed by atoms with E-state index in [4.69, 9.17) is 4.74 Å². The van der Waals surface area contributed by atoms with Crippen LogP contribution in [0.1, 0.15) is 0 Å². The highest BCUT2D eigenvalue weighted by Gasteiger charge is 2.15. The van der Waals surface area contributed by atoms with Gasteiger partial charge >= 0.3 is 0 Å². The van der Waals surface area contributed by atoms with Crippen LogP contribution in [0.15, 0.2) is 48.7 Å². The summed E-state index contributed by atoms with van der Waals surface area (Å²) in [6, 6.07) is 14.9. The number of hydrogen-bond donors (Lipinski definition) is 0. The molecular formula is C17H14NOS+. The number of benzene rings is 2. The van der Waals surface area contributed by atoms with Gasteiger partial charge in [0.25, 0.3) is 0 Å². The molecule has 4 rings (SSSR count). The van der Waals surface area contributed by atoms with E-state index in [2.05, 4.69) is 54.2 Å². The van der Waals surface area contributed by atoms with Crippen LogP contribution in [-0.4, -0.2) is 7.11 Å². The highest BCUT2D eigenvalue weighted by atomic mass is 32.1. The van der Waals surface area contributed by atoms with Gasteiger partial charge in [-0.25, -0.2) is 0 Å². The number of ether oxygens (including phenoxy) is 1. The highest BCUT2D eigenvalue weighted by Crippen LogP contribution is 2.37. The van der Waals surface area contributed by atoms with Crippen molar-refractivity contribution in [3.63, 3.8) is 0 Å². The summed E-state index contributed by atoms with van der Waals surface area (Å²) in [4.78, 5) is 0. The van der Waals surface area contributed by atoms with Crippen LogP contribution in [0.5, 0.6) is 5.75 Å². The van der Waals surface area contributed by atoms with E-state index in [1.165, 1.54) is 31.1 Å². The van der Waals surface area contributed by atoms with E-state index in [1.807, 2.05) is 17.4 Å². The number of methoxy groups -OCH3 is 1. The molecule has 0 aliphatic rings. The first-order valence-corrected chi connectivity index (χ1v) is 7.37. The fourth-order valence-electron chi connectivity index (χ4n) is 2.83. The fraction of sp³-hybridized carbons (Fsp3) is 0.118. The van der Waals surface area contributed by atoms with Gasteiger partial charge in [-0.15, -0.1) is 11.3 Å². The van der Waals surface area contributed by atoms with Crippen LogP contribution in [0.2, 0.25) is 0 Å². The summed E-state index contributed by atoms with van der Waals surface area (Å²) in [5, 5.41) is 3.91. The van der Waals surface area contributed by atoms with Gasteiger partial charge in [-0.1, -0.05) is 18.2 Å². The molecule has 0 saturated carbocycles. The van der Waals surface area contributed by atoms with Crippen LogP contribution in [0.4, 0.5) is 0 Å². The van der Waals surface area contributed by atoms with Gasteiger partial charge in [0.2, 0.25) is 5.52 Å². The Hall–Kier alpha value is -2.13. The van der Waals surface area contributed by atoms with Gasteiger partial charge in [-0.2, -0.15) is 4.57 Å². The molecule has 2 aromatic carbocycles. The molecule has 0 N–H and O–H groups in total. The van der Waals surface area contributed by atoms with Gasteiger partial charge in [0.1, 0.15) is 17.5 Å². The van der Waals surface area contributed by atoms with Gasteiger partial charge in [0, 0.05) is 21.5 Å². The first kappa shape index (κ1) is 11.7. The first-order valence-electron chi connectivity index (χ1n) is 6.55. The Bertz CT molecular complexity index is 955. The van der Waals surface area contributed by atoms with Gasteiger partial charge in [-0.3, -0.25) is 0 Å². The van der Waals surface area contributed by atoms with Crippen LogP contribution in [0.3, 0.4) is 0 Å². The van der Waals surface area contributed by atoms with Crippen molar-refractivity contribution < 1.29 is 9.30 Å². The maximum Gasteiger partial charge on any atom is 0.213 e. The molecule has 0 bridgehead atoms. The minimum absolute atomic E-state index is 0.903. The SMILES string of the molecule is COc1ccc2c(c1)c1c(c[n+]2C)sc2ccccc21. The normalized spacial score (nSPS) is 11.5. The number of aromatic nitrogens is 1. The second-order valence-electron chi connectivity index (χ2n) is 4.96. The molecule has 0 atom stereocenters. The summed E-state index contributed by atoms with van der Waals surface area (Å²) >= 11 is 1.84. The molecular weight excluding hydrogens is 266 g/mol. The lowest BCUT2D eigenvalue weighted by Crippen LogP contribution is -2.27. The Kier molecular flexibility index (Phi) is 2.44. The predicted molar refractivity (Wildman–Crippen MR) is 84.6 cm³/mol. The lowest BCUT2D eigenvalue weighted by Gasteiger charge is -2.03. The standard InChI is InChI=1S/C17H14NOS/c1-18-10-16-17(12-5-3-4-6-15(12)20-16)13-9-11(19-2)7-8-14(13)18/h3-10H,1-2H3/q+1. The number of nitrogens with zero attached hydrogens (tertiary/aromatic N) is 1. The Morgan fingerprint density at radius 3 is 2.70 bits per heavy atom. The molecule has 0 aliphatic heterocycles. The van der Waals surface area contributed by atoms with E-state index < -0.39 is 0 Å². The molecule has 0 spiro atoms. The summed E-state index contributed by atoms with van der Waals surface area (Å²) in [7, 11) is 3.81. The third-order valence-electron chi connectivity index (χ3n) is 3.79. The lowest BCUT2D eigenvalue weighted by atomic mass is 10.1. The number of aryl methyl sites for hydroxylation is 1. The third-order valence-corrected chi connectivity index (χ3v) is 4.89. The smallest absolute Gasteiger partial charge is 0.213 e. The minimum Gasteiger partial charge on any atom is -0.497 e. The Balaban J connectivity index is 2.30. The molecule has 3 heteroatoms. The third kappa shape index (κ3) is 1.53. The monoisotopic (exact) mass is 280 g/mol. The largest absolute Gasteiger partial charge is 0.497 e. The van der Waals surface area contributed by atoms with Crippen molar-refractivity contribution in [2.24, 2.45) is 7.05 Å². The molecule has 2 aromatic heterocycles. The van der Waals surface area contributed by atoms with E-state index in [0.29, 0.717) is 0 Å². The summed E-state index contributed by atoms with van der Waals surface area (Å²) in [5.41, 5.74) is 1.22. The van der Waals surface area contributed by atoms with Crippen molar-refractivity contribution in [3.8, 4) is 5.75 Å². The summed E-state index contributed by atoms with van der Waals surface area (Å²) < 4.78 is 10.2. The van der Waals surface area contributed by atoms with Crippen molar-refractivity contribution in [2.75, 3.05) is 7.11 Å². The van der Waals surface area contributed by atoms with E-state index in [0.717, 1.165) is 5.75 Å². The molecule has 2 heterocycles. The van der Waals surface area contributed by atoms with Crippen LogP contribution in [-0.2, 0) is 7.05 Å². The van der Waals surface area contributed by atoms with Crippen molar-refractivity contribution in [1.82, 2.24) is 0 Å². The van der Waals surface area contributed by atoms with Gasteiger partial charge in [0.15, 0.2) is 6.20 Å². The summed E-state index contributed by atoms with van der Waals surface area (Å²) in [6.45, 7) is 0. The van der Waals surface area contributed by atoms with Crippen LogP contribution in [0, 0.1) is 0 Å². The van der Waals surface area contributed by atoms with E-state index in [9.17, 15) is 0 Å². The van der Waals surface area contributed by atoms with Gasteiger partial charge in [0.05, 0.1) is 12.5 Å². The maximum atomic E-state index is 5.39. The van der Waals surface area contributed by atoms with Gasteiger partial charge < -0.3 is 4.74 Å². The highest BCUT2D eigenvalue weighted by molar-refractivity contribution is 7.26. The lowest BCUT2D eigenvalue weighted by molar-refractivity contribution is -0.643. The Morgan fingerprint density at radius 2 is 1.85 bits per heavy atom. The number of rotatable bonds is 1. The average molecular weight is 280 g/mol. The molecule has 0 radical (unpaired) electrons. The second kappa shape index (κ2) is 4.18. The molecule has 0 saturated heterocycles. The van der Waals surface area contributed by atoms with E-state index in [-0.39, 0.29) is 0 Å². The Morgan fingerprint density at radius 1 is 1.00 bits per heavy atom. The van der Waals surface area contributed by atoms with Crippen molar-refractivity contribution in [1.29, 1.82) is 0 Å². The topological polar surface area (TPSA) is 13.1 Å². The zero-order chi connectivity index (χ0) is 13.7. The number of hydrogen-bond acceptors (Lipinski definition) is 2. The van der Waals surface area contributed by atoms with Crippen molar-refractivity contribution in [2.45, 2.75) is 0 Å². The predicted octanol–water partition coefficient (Wildman–Crippen LogP) is 4.04.